The Morgan fingerprint density at radius 3 is 2.56 bits per heavy atom. The second-order valence-electron chi connectivity index (χ2n) is 4.76. The standard InChI is InChI=1S/C12H17NO3/c1-12(2,3)10-6-4-9(8-13-10)5-7-11(14)16-15/h4,6,8,15H,5,7H2,1-3H3. The third-order valence-corrected chi connectivity index (χ3v) is 2.31. The molecule has 1 aromatic rings. The minimum Gasteiger partial charge on any atom is -0.301 e. The maximum absolute atomic E-state index is 10.7. The molecule has 0 atom stereocenters. The van der Waals surface area contributed by atoms with E-state index in [-0.39, 0.29) is 11.8 Å². The van der Waals surface area contributed by atoms with E-state index in [0.717, 1.165) is 11.3 Å². The third kappa shape index (κ3) is 3.62. The lowest BCUT2D eigenvalue weighted by Crippen LogP contribution is -2.13. The normalized spacial score (nSPS) is 11.2. The molecule has 88 valence electrons. The van der Waals surface area contributed by atoms with Gasteiger partial charge >= 0.3 is 5.97 Å². The van der Waals surface area contributed by atoms with Gasteiger partial charge in [0.05, 0.1) is 6.42 Å². The van der Waals surface area contributed by atoms with E-state index >= 15 is 0 Å². The SMILES string of the molecule is CC(C)(C)c1ccc(CCC(=O)OO)cn1. The number of aryl methyl sites for hydroxylation is 1. The van der Waals surface area contributed by atoms with Gasteiger partial charge in [0.1, 0.15) is 0 Å². The molecule has 0 saturated carbocycles. The molecular weight excluding hydrogens is 206 g/mol. The van der Waals surface area contributed by atoms with Crippen LogP contribution in [0, 0.1) is 0 Å². The Bertz CT molecular complexity index is 352. The van der Waals surface area contributed by atoms with Crippen molar-refractivity contribution >= 4 is 5.97 Å². The summed E-state index contributed by atoms with van der Waals surface area (Å²) in [6, 6.07) is 3.90. The largest absolute Gasteiger partial charge is 0.342 e. The Hall–Kier alpha value is -1.42. The van der Waals surface area contributed by atoms with E-state index < -0.39 is 5.97 Å². The molecule has 1 N–H and O–H groups in total. The molecule has 0 saturated heterocycles. The molecule has 0 unspecified atom stereocenters. The van der Waals surface area contributed by atoms with Crippen molar-refractivity contribution in [1.82, 2.24) is 4.98 Å². The van der Waals surface area contributed by atoms with Gasteiger partial charge in [-0.2, -0.15) is 5.26 Å². The average Bonchev–Trinajstić information content (AvgIpc) is 2.25. The summed E-state index contributed by atoms with van der Waals surface area (Å²) in [6.45, 7) is 6.29. The lowest BCUT2D eigenvalue weighted by molar-refractivity contribution is -0.234. The zero-order valence-electron chi connectivity index (χ0n) is 9.86. The van der Waals surface area contributed by atoms with Gasteiger partial charge in [-0.25, -0.2) is 4.79 Å². The van der Waals surface area contributed by atoms with Crippen molar-refractivity contribution in [2.45, 2.75) is 39.0 Å². The summed E-state index contributed by atoms with van der Waals surface area (Å²) in [4.78, 5) is 18.6. The second kappa shape index (κ2) is 5.07. The number of hydrogen-bond donors (Lipinski definition) is 1. The molecule has 1 aromatic heterocycles. The summed E-state index contributed by atoms with van der Waals surface area (Å²) in [6.07, 6.45) is 2.44. The van der Waals surface area contributed by atoms with Gasteiger partial charge in [0.2, 0.25) is 0 Å². The van der Waals surface area contributed by atoms with E-state index in [0.29, 0.717) is 6.42 Å². The fourth-order valence-electron chi connectivity index (χ4n) is 1.31. The molecule has 16 heavy (non-hydrogen) atoms. The van der Waals surface area contributed by atoms with Crippen LogP contribution in [0.15, 0.2) is 18.3 Å². The fraction of sp³-hybridized carbons (Fsp3) is 0.500. The van der Waals surface area contributed by atoms with Crippen LogP contribution in [0.4, 0.5) is 0 Å². The van der Waals surface area contributed by atoms with Crippen LogP contribution >= 0.6 is 0 Å². The van der Waals surface area contributed by atoms with Crippen molar-refractivity contribution in [2.24, 2.45) is 0 Å². The smallest absolute Gasteiger partial charge is 0.301 e. The number of carbonyl (C=O) groups excluding carboxylic acids is 1. The Kier molecular flexibility index (Phi) is 4.01. The predicted molar refractivity (Wildman–Crippen MR) is 60.0 cm³/mol. The van der Waals surface area contributed by atoms with Crippen LogP contribution in [-0.4, -0.2) is 16.2 Å². The molecule has 0 radical (unpaired) electrons. The molecule has 0 aliphatic rings. The number of aromatic nitrogens is 1. The van der Waals surface area contributed by atoms with Gasteiger partial charge in [0.15, 0.2) is 0 Å². The molecule has 0 aliphatic heterocycles. The van der Waals surface area contributed by atoms with Crippen LogP contribution in [-0.2, 0) is 21.5 Å². The van der Waals surface area contributed by atoms with Crippen LogP contribution < -0.4 is 0 Å². The van der Waals surface area contributed by atoms with Crippen LogP contribution in [0.25, 0.3) is 0 Å². The predicted octanol–water partition coefficient (Wildman–Crippen LogP) is 2.33. The maximum atomic E-state index is 10.7. The molecular formula is C12H17NO3. The average molecular weight is 223 g/mol. The van der Waals surface area contributed by atoms with Crippen molar-refractivity contribution in [2.75, 3.05) is 0 Å². The van der Waals surface area contributed by atoms with Gasteiger partial charge < -0.3 is 4.89 Å². The quantitative estimate of drug-likeness (QED) is 0.631. The van der Waals surface area contributed by atoms with Gasteiger partial charge in [-0.3, -0.25) is 4.98 Å². The molecule has 4 nitrogen and oxygen atoms in total. The van der Waals surface area contributed by atoms with Gasteiger partial charge in [-0.15, -0.1) is 0 Å². The van der Waals surface area contributed by atoms with Crippen LogP contribution in [0.1, 0.15) is 38.4 Å². The molecule has 0 bridgehead atoms. The molecule has 0 fully saturated rings. The van der Waals surface area contributed by atoms with Crippen molar-refractivity contribution < 1.29 is 14.9 Å². The summed E-state index contributed by atoms with van der Waals surface area (Å²) >= 11 is 0. The molecule has 0 aromatic carbocycles. The van der Waals surface area contributed by atoms with Gasteiger partial charge in [0.25, 0.3) is 0 Å². The summed E-state index contributed by atoms with van der Waals surface area (Å²) in [5.41, 5.74) is 2.00. The highest BCUT2D eigenvalue weighted by atomic mass is 17.1. The topological polar surface area (TPSA) is 59.4 Å². The van der Waals surface area contributed by atoms with Gasteiger partial charge in [-0.1, -0.05) is 26.8 Å². The van der Waals surface area contributed by atoms with E-state index in [1.165, 1.54) is 0 Å². The Labute approximate surface area is 95.2 Å². The lowest BCUT2D eigenvalue weighted by Gasteiger charge is -2.17. The Morgan fingerprint density at radius 1 is 1.44 bits per heavy atom. The van der Waals surface area contributed by atoms with Gasteiger partial charge in [-0.05, 0) is 18.1 Å². The first kappa shape index (κ1) is 12.6. The van der Waals surface area contributed by atoms with Crippen LogP contribution in [0.5, 0.6) is 0 Å². The van der Waals surface area contributed by atoms with Crippen LogP contribution in [0.2, 0.25) is 0 Å². The summed E-state index contributed by atoms with van der Waals surface area (Å²) in [5.74, 6) is -0.625. The van der Waals surface area contributed by atoms with Crippen molar-refractivity contribution in [3.05, 3.63) is 29.6 Å². The van der Waals surface area contributed by atoms with Crippen molar-refractivity contribution in [3.63, 3.8) is 0 Å². The van der Waals surface area contributed by atoms with E-state index in [1.54, 1.807) is 6.20 Å². The monoisotopic (exact) mass is 223 g/mol. The highest BCUT2D eigenvalue weighted by Gasteiger charge is 2.14. The highest BCUT2D eigenvalue weighted by Crippen LogP contribution is 2.19. The summed E-state index contributed by atoms with van der Waals surface area (Å²) in [7, 11) is 0. The highest BCUT2D eigenvalue weighted by molar-refractivity contribution is 5.68. The van der Waals surface area contributed by atoms with E-state index in [9.17, 15) is 4.79 Å². The van der Waals surface area contributed by atoms with E-state index in [4.69, 9.17) is 5.26 Å². The number of nitrogens with zero attached hydrogens (tertiary/aromatic N) is 1. The van der Waals surface area contributed by atoms with E-state index in [2.05, 4.69) is 30.6 Å². The lowest BCUT2D eigenvalue weighted by atomic mass is 9.91. The number of rotatable bonds is 3. The third-order valence-electron chi connectivity index (χ3n) is 2.31. The van der Waals surface area contributed by atoms with Crippen molar-refractivity contribution in [1.29, 1.82) is 0 Å². The molecule has 0 aliphatic carbocycles. The van der Waals surface area contributed by atoms with Crippen molar-refractivity contribution in [3.8, 4) is 0 Å². The van der Waals surface area contributed by atoms with Gasteiger partial charge in [0, 0.05) is 17.3 Å². The number of hydrogen-bond acceptors (Lipinski definition) is 4. The maximum Gasteiger partial charge on any atom is 0.342 e. The number of pyridine rings is 1. The van der Waals surface area contributed by atoms with E-state index in [1.807, 2.05) is 12.1 Å². The first-order chi connectivity index (χ1) is 7.43. The molecule has 0 amide bonds. The summed E-state index contributed by atoms with van der Waals surface area (Å²) < 4.78 is 0. The fourth-order valence-corrected chi connectivity index (χ4v) is 1.31. The zero-order chi connectivity index (χ0) is 12.2. The number of carbonyl (C=O) groups is 1. The first-order valence-corrected chi connectivity index (χ1v) is 5.23. The molecule has 4 heteroatoms. The zero-order valence-corrected chi connectivity index (χ0v) is 9.86. The molecule has 1 rings (SSSR count). The Balaban J connectivity index is 2.62. The summed E-state index contributed by atoms with van der Waals surface area (Å²) in [5, 5.41) is 8.10. The Morgan fingerprint density at radius 2 is 2.12 bits per heavy atom. The molecule has 0 spiro atoms. The molecule has 1 heterocycles. The minimum atomic E-state index is -0.625. The van der Waals surface area contributed by atoms with Crippen LogP contribution in [0.3, 0.4) is 0 Å². The second-order valence-corrected chi connectivity index (χ2v) is 4.76. The first-order valence-electron chi connectivity index (χ1n) is 5.23. The minimum absolute atomic E-state index is 0.0303.